The third kappa shape index (κ3) is 1.38. The second kappa shape index (κ2) is 3.07. The van der Waals surface area contributed by atoms with Gasteiger partial charge in [0.1, 0.15) is 0 Å². The predicted octanol–water partition coefficient (Wildman–Crippen LogP) is -1.09. The van der Waals surface area contributed by atoms with Crippen LogP contribution in [0.5, 0.6) is 0 Å². The molecule has 52 valence electrons. The van der Waals surface area contributed by atoms with Crippen molar-refractivity contribution in [2.24, 2.45) is 0 Å². The zero-order chi connectivity index (χ0) is 7.40. The van der Waals surface area contributed by atoms with E-state index in [1.807, 2.05) is 0 Å². The van der Waals surface area contributed by atoms with Crippen LogP contribution in [-0.4, -0.2) is 26.7 Å². The Bertz CT molecular complexity index is 226. The molecule has 1 heterocycles. The molecule has 0 aliphatic rings. The Morgan fingerprint density at radius 3 is 3.00 bits per heavy atom. The molecule has 1 rings (SSSR count). The lowest BCUT2D eigenvalue weighted by Gasteiger charge is -1.94. The zero-order valence-corrected chi connectivity index (χ0v) is 7.44. The summed E-state index contributed by atoms with van der Waals surface area (Å²) in [7, 11) is 0.390. The molecule has 0 aliphatic heterocycles. The highest BCUT2D eigenvalue weighted by atomic mass is 28.2. The summed E-state index contributed by atoms with van der Waals surface area (Å²) in [6.07, 6.45) is 1.50. The molecule has 0 N–H and O–H groups in total. The number of rotatable bonds is 1. The Kier molecular flexibility index (Phi) is 2.11. The van der Waals surface area contributed by atoms with Crippen LogP contribution in [0.1, 0.15) is 10.5 Å². The molecule has 0 saturated heterocycles. The normalized spacial score (nSPS) is 9.20. The number of carbonyl (C=O) groups is 1. The van der Waals surface area contributed by atoms with Crippen LogP contribution in [0.2, 0.25) is 0 Å². The van der Waals surface area contributed by atoms with E-state index in [1.54, 1.807) is 12.1 Å². The van der Waals surface area contributed by atoms with Gasteiger partial charge in [-0.3, -0.25) is 0 Å². The van der Waals surface area contributed by atoms with E-state index in [9.17, 15) is 4.79 Å². The first kappa shape index (κ1) is 6.88. The quantitative estimate of drug-likeness (QED) is 0.482. The van der Waals surface area contributed by atoms with Gasteiger partial charge in [-0.05, 0) is 12.1 Å². The maximum absolute atomic E-state index is 10.7. The summed E-state index contributed by atoms with van der Waals surface area (Å²) in [4.78, 5) is 10.7. The third-order valence-electron chi connectivity index (χ3n) is 0.967. The first-order chi connectivity index (χ1) is 4.84. The van der Waals surface area contributed by atoms with Crippen LogP contribution in [0, 0.1) is 0 Å². The van der Waals surface area contributed by atoms with Gasteiger partial charge in [0.2, 0.25) is 10.5 Å². The first-order valence-electron chi connectivity index (χ1n) is 2.70. The summed E-state index contributed by atoms with van der Waals surface area (Å²) in [6, 6.07) is 3.20. The van der Waals surface area contributed by atoms with Crippen molar-refractivity contribution < 1.29 is 9.22 Å². The third-order valence-corrected chi connectivity index (χ3v) is 1.34. The summed E-state index contributed by atoms with van der Waals surface area (Å²) < 4.78 is 4.53. The van der Waals surface area contributed by atoms with Crippen molar-refractivity contribution >= 4 is 16.5 Å². The Labute approximate surface area is 60.8 Å². The Morgan fingerprint density at radius 1 is 1.70 bits per heavy atom. The average Bonchev–Trinajstić information content (AvgIpc) is 2.05. The fourth-order valence-corrected chi connectivity index (χ4v) is 0.724. The molecule has 1 aromatic heterocycles. The monoisotopic (exact) mass is 154 g/mol. The number of carbonyl (C=O) groups excluding carboxylic acids is 1. The smallest absolute Gasteiger partial charge is 0.344 e. The van der Waals surface area contributed by atoms with Gasteiger partial charge in [-0.15, -0.1) is 5.10 Å². The van der Waals surface area contributed by atoms with Crippen LogP contribution in [0.3, 0.4) is 0 Å². The number of hydrogen-bond donors (Lipinski definition) is 0. The van der Waals surface area contributed by atoms with Crippen LogP contribution in [0.25, 0.3) is 0 Å². The maximum Gasteiger partial charge on any atom is 0.344 e. The van der Waals surface area contributed by atoms with Crippen molar-refractivity contribution in [1.82, 2.24) is 10.2 Å². The highest BCUT2D eigenvalue weighted by Gasteiger charge is 2.03. The molecule has 0 saturated carbocycles. The molecular weight excluding hydrogens is 148 g/mol. The van der Waals surface area contributed by atoms with E-state index in [1.165, 1.54) is 6.20 Å². The van der Waals surface area contributed by atoms with Crippen molar-refractivity contribution in [3.8, 4) is 0 Å². The molecule has 4 nitrogen and oxygen atoms in total. The van der Waals surface area contributed by atoms with Crippen molar-refractivity contribution in [3.05, 3.63) is 24.0 Å². The van der Waals surface area contributed by atoms with Crippen LogP contribution in [0.4, 0.5) is 0 Å². The molecule has 5 heteroatoms. The lowest BCUT2D eigenvalue weighted by atomic mass is 10.4. The molecular formula is C5H6N2O2Si. The summed E-state index contributed by atoms with van der Waals surface area (Å²) in [5.41, 5.74) is 0.262. The Hall–Kier alpha value is -1.23. The SMILES string of the molecule is O=C(O[SiH3])c1cccnn1. The lowest BCUT2D eigenvalue weighted by Crippen LogP contribution is -2.05. The minimum atomic E-state index is -0.403. The van der Waals surface area contributed by atoms with Gasteiger partial charge in [0.05, 0.1) is 0 Å². The topological polar surface area (TPSA) is 52.1 Å². The summed E-state index contributed by atoms with van der Waals surface area (Å²) in [6.45, 7) is 0. The second-order valence-electron chi connectivity index (χ2n) is 1.60. The van der Waals surface area contributed by atoms with E-state index in [-0.39, 0.29) is 5.69 Å². The van der Waals surface area contributed by atoms with E-state index in [0.717, 1.165) is 0 Å². The molecule has 1 aromatic rings. The summed E-state index contributed by atoms with van der Waals surface area (Å²) in [5.74, 6) is -0.403. The van der Waals surface area contributed by atoms with E-state index in [4.69, 9.17) is 0 Å². The fourth-order valence-electron chi connectivity index (χ4n) is 0.515. The Morgan fingerprint density at radius 2 is 2.50 bits per heavy atom. The van der Waals surface area contributed by atoms with Crippen LogP contribution < -0.4 is 0 Å². The van der Waals surface area contributed by atoms with Crippen molar-refractivity contribution in [2.45, 2.75) is 0 Å². The van der Waals surface area contributed by atoms with Gasteiger partial charge < -0.3 is 4.43 Å². The molecule has 0 atom stereocenters. The van der Waals surface area contributed by atoms with Gasteiger partial charge in [0.25, 0.3) is 0 Å². The van der Waals surface area contributed by atoms with E-state index in [0.29, 0.717) is 10.5 Å². The van der Waals surface area contributed by atoms with Crippen LogP contribution >= 0.6 is 0 Å². The highest BCUT2D eigenvalue weighted by Crippen LogP contribution is 1.91. The summed E-state index contributed by atoms with van der Waals surface area (Å²) in [5, 5.41) is 7.07. The molecule has 0 amide bonds. The first-order valence-corrected chi connectivity index (χ1v) is 3.52. The van der Waals surface area contributed by atoms with Crippen LogP contribution in [-0.2, 0) is 4.43 Å². The predicted molar refractivity (Wildman–Crippen MR) is 37.4 cm³/mol. The average molecular weight is 154 g/mol. The van der Waals surface area contributed by atoms with Crippen molar-refractivity contribution in [2.75, 3.05) is 0 Å². The fraction of sp³-hybridized carbons (Fsp3) is 0. The lowest BCUT2D eigenvalue weighted by molar-refractivity contribution is 0.0742. The largest absolute Gasteiger partial charge is 0.524 e. The van der Waals surface area contributed by atoms with Crippen molar-refractivity contribution in [1.29, 1.82) is 0 Å². The standard InChI is InChI=1S/C5H6N2O2Si/c8-5(9-10)4-2-1-3-6-7-4/h1-3H,10H3. The molecule has 0 spiro atoms. The number of nitrogens with zero attached hydrogens (tertiary/aromatic N) is 2. The number of hydrogen-bond acceptors (Lipinski definition) is 4. The molecule has 0 fully saturated rings. The highest BCUT2D eigenvalue weighted by molar-refractivity contribution is 6.08. The molecule has 0 aromatic carbocycles. The maximum atomic E-state index is 10.7. The van der Waals surface area contributed by atoms with Gasteiger partial charge >= 0.3 is 5.97 Å². The summed E-state index contributed by atoms with van der Waals surface area (Å²) >= 11 is 0. The zero-order valence-electron chi connectivity index (χ0n) is 5.44. The van der Waals surface area contributed by atoms with Gasteiger partial charge in [0.15, 0.2) is 5.69 Å². The Balaban J connectivity index is 2.85. The molecule has 0 radical (unpaired) electrons. The minimum Gasteiger partial charge on any atom is -0.524 e. The van der Waals surface area contributed by atoms with Gasteiger partial charge in [0, 0.05) is 6.20 Å². The molecule has 0 bridgehead atoms. The van der Waals surface area contributed by atoms with Crippen LogP contribution in [0.15, 0.2) is 18.3 Å². The molecule has 10 heavy (non-hydrogen) atoms. The van der Waals surface area contributed by atoms with Gasteiger partial charge in [-0.2, -0.15) is 5.10 Å². The van der Waals surface area contributed by atoms with Gasteiger partial charge in [-0.1, -0.05) is 0 Å². The van der Waals surface area contributed by atoms with E-state index in [2.05, 4.69) is 14.6 Å². The molecule has 0 unspecified atom stereocenters. The number of aromatic nitrogens is 2. The molecule has 0 aliphatic carbocycles. The van der Waals surface area contributed by atoms with E-state index < -0.39 is 5.97 Å². The minimum absolute atomic E-state index is 0.262. The van der Waals surface area contributed by atoms with Gasteiger partial charge in [-0.25, -0.2) is 4.79 Å². The second-order valence-corrected chi connectivity index (χ2v) is 2.01. The van der Waals surface area contributed by atoms with Crippen molar-refractivity contribution in [3.63, 3.8) is 0 Å². The van der Waals surface area contributed by atoms with E-state index >= 15 is 0 Å².